The Bertz CT molecular complexity index is 1090. The molecule has 3 heterocycles. The number of aliphatic hydroxyl groups excluding tert-OH is 1. The van der Waals surface area contributed by atoms with Gasteiger partial charge in [-0.05, 0) is 31.2 Å². The zero-order valence-corrected chi connectivity index (χ0v) is 23.2. The summed E-state index contributed by atoms with van der Waals surface area (Å²) in [4.78, 5) is 28.9. The van der Waals surface area contributed by atoms with Crippen molar-refractivity contribution in [3.05, 3.63) is 46.8 Å². The molecule has 1 aromatic heterocycles. The summed E-state index contributed by atoms with van der Waals surface area (Å²) in [5, 5.41) is 16.1. The molecular weight excluding hydrogens is 474 g/mol. The van der Waals surface area contributed by atoms with Gasteiger partial charge in [0.15, 0.2) is 17.6 Å². The molecule has 1 aromatic carbocycles. The summed E-state index contributed by atoms with van der Waals surface area (Å²) in [6.45, 7) is 15.1. The molecule has 4 rings (SSSR count). The predicted molar refractivity (Wildman–Crippen MR) is 143 cm³/mol. The van der Waals surface area contributed by atoms with Crippen LogP contribution >= 0.6 is 0 Å². The van der Waals surface area contributed by atoms with E-state index >= 15 is 0 Å². The zero-order chi connectivity index (χ0) is 27.8. The maximum atomic E-state index is 12.7. The van der Waals surface area contributed by atoms with Gasteiger partial charge in [-0.1, -0.05) is 41.5 Å². The minimum atomic E-state index is -0.972. The van der Waals surface area contributed by atoms with Gasteiger partial charge >= 0.3 is 0 Å². The first-order chi connectivity index (χ1) is 17.7. The Balaban J connectivity index is 0.00000115. The Morgan fingerprint density at radius 1 is 1.24 bits per heavy atom. The monoisotopic (exact) mass is 515 g/mol. The Kier molecular flexibility index (Phi) is 10.7. The molecule has 9 heteroatoms. The van der Waals surface area contributed by atoms with Gasteiger partial charge in [-0.2, -0.15) is 0 Å². The fraction of sp³-hybridized carbons (Fsp3) is 0.536. The molecule has 2 amide bonds. The van der Waals surface area contributed by atoms with Crippen molar-refractivity contribution in [3.63, 3.8) is 0 Å². The van der Waals surface area contributed by atoms with E-state index in [9.17, 15) is 14.7 Å². The van der Waals surface area contributed by atoms with Crippen LogP contribution in [0.4, 0.5) is 0 Å². The minimum absolute atomic E-state index is 0.00580. The number of benzene rings is 1. The number of carbonyl (C=O) groups is 2. The number of carbonyl (C=O) groups excluding carboxylic acids is 2. The molecule has 2 aromatic rings. The summed E-state index contributed by atoms with van der Waals surface area (Å²) in [7, 11) is 1.47. The van der Waals surface area contributed by atoms with Crippen LogP contribution in [0.3, 0.4) is 0 Å². The SMILES string of the molecule is CC.CC.COc1cc(C(=O)NCC(O)c2cc3c(c(C)n2)OCC3(C)C)ccc1OC1CCNC1=O. The molecule has 0 bridgehead atoms. The zero-order valence-electron chi connectivity index (χ0n) is 23.2. The average Bonchev–Trinajstić information content (AvgIpc) is 3.46. The first kappa shape index (κ1) is 29.9. The molecule has 204 valence electrons. The van der Waals surface area contributed by atoms with Gasteiger partial charge in [0.25, 0.3) is 11.8 Å². The Labute approximate surface area is 219 Å². The van der Waals surface area contributed by atoms with E-state index < -0.39 is 12.2 Å². The van der Waals surface area contributed by atoms with Crippen molar-refractivity contribution in [1.29, 1.82) is 0 Å². The van der Waals surface area contributed by atoms with Gasteiger partial charge < -0.3 is 30.0 Å². The van der Waals surface area contributed by atoms with Crippen LogP contribution in [-0.2, 0) is 10.2 Å². The lowest BCUT2D eigenvalue weighted by atomic mass is 9.86. The molecule has 0 aliphatic carbocycles. The van der Waals surface area contributed by atoms with Gasteiger partial charge in [0, 0.05) is 36.1 Å². The number of fused-ring (bicyclic) bond motifs is 1. The second-order valence-electron chi connectivity index (χ2n) is 8.96. The number of aryl methyl sites for hydroxylation is 1. The molecule has 0 radical (unpaired) electrons. The second-order valence-corrected chi connectivity index (χ2v) is 8.96. The summed E-state index contributed by atoms with van der Waals surface area (Å²) in [6.07, 6.45) is -0.978. The Morgan fingerprint density at radius 3 is 2.57 bits per heavy atom. The largest absolute Gasteiger partial charge is 0.493 e. The molecule has 9 nitrogen and oxygen atoms in total. The van der Waals surface area contributed by atoms with E-state index in [4.69, 9.17) is 14.2 Å². The summed E-state index contributed by atoms with van der Waals surface area (Å²) in [6, 6.07) is 6.58. The first-order valence-electron chi connectivity index (χ1n) is 12.9. The van der Waals surface area contributed by atoms with Crippen molar-refractivity contribution in [1.82, 2.24) is 15.6 Å². The number of hydrogen-bond acceptors (Lipinski definition) is 7. The molecule has 3 N–H and O–H groups in total. The van der Waals surface area contributed by atoms with Gasteiger partial charge in [0.05, 0.1) is 25.1 Å². The van der Waals surface area contributed by atoms with Gasteiger partial charge in [-0.25, -0.2) is 0 Å². The molecule has 0 saturated carbocycles. The van der Waals surface area contributed by atoms with Crippen LogP contribution in [-0.4, -0.2) is 54.8 Å². The first-order valence-corrected chi connectivity index (χ1v) is 12.9. The van der Waals surface area contributed by atoms with Gasteiger partial charge in [-0.3, -0.25) is 14.6 Å². The van der Waals surface area contributed by atoms with Gasteiger partial charge in [-0.15, -0.1) is 0 Å². The van der Waals surface area contributed by atoms with Crippen molar-refractivity contribution in [2.45, 2.75) is 72.5 Å². The summed E-state index contributed by atoms with van der Waals surface area (Å²) >= 11 is 0. The number of pyridine rings is 1. The molecule has 2 aliphatic rings. The number of amides is 2. The van der Waals surface area contributed by atoms with Gasteiger partial charge in [0.2, 0.25) is 0 Å². The minimum Gasteiger partial charge on any atom is -0.493 e. The maximum absolute atomic E-state index is 12.7. The van der Waals surface area contributed by atoms with Crippen LogP contribution in [0.15, 0.2) is 24.3 Å². The second kappa shape index (κ2) is 13.3. The third-order valence-corrected chi connectivity index (χ3v) is 5.96. The quantitative estimate of drug-likeness (QED) is 0.512. The molecule has 1 fully saturated rings. The van der Waals surface area contributed by atoms with Crippen LogP contribution in [0.5, 0.6) is 17.2 Å². The van der Waals surface area contributed by atoms with Crippen LogP contribution in [0.1, 0.15) is 81.4 Å². The third kappa shape index (κ3) is 6.91. The molecule has 2 atom stereocenters. The van der Waals surface area contributed by atoms with Crippen molar-refractivity contribution >= 4 is 11.8 Å². The average molecular weight is 516 g/mol. The number of aliphatic hydroxyl groups is 1. The van der Waals surface area contributed by atoms with E-state index in [2.05, 4.69) is 29.5 Å². The topological polar surface area (TPSA) is 119 Å². The van der Waals surface area contributed by atoms with E-state index in [1.807, 2.05) is 40.7 Å². The third-order valence-electron chi connectivity index (χ3n) is 5.96. The lowest BCUT2D eigenvalue weighted by molar-refractivity contribution is -0.124. The van der Waals surface area contributed by atoms with E-state index in [1.165, 1.54) is 7.11 Å². The number of hydrogen-bond donors (Lipinski definition) is 3. The predicted octanol–water partition coefficient (Wildman–Crippen LogP) is 3.85. The fourth-order valence-corrected chi connectivity index (χ4v) is 4.01. The van der Waals surface area contributed by atoms with Crippen molar-refractivity contribution < 1.29 is 28.9 Å². The number of nitrogens with zero attached hydrogens (tertiary/aromatic N) is 1. The highest BCUT2D eigenvalue weighted by Crippen LogP contribution is 2.40. The van der Waals surface area contributed by atoms with E-state index in [0.717, 1.165) is 17.0 Å². The Morgan fingerprint density at radius 2 is 1.95 bits per heavy atom. The smallest absolute Gasteiger partial charge is 0.261 e. The highest BCUT2D eigenvalue weighted by atomic mass is 16.5. The molecule has 37 heavy (non-hydrogen) atoms. The summed E-state index contributed by atoms with van der Waals surface area (Å²) in [5.41, 5.74) is 2.39. The summed E-state index contributed by atoms with van der Waals surface area (Å²) < 4.78 is 16.8. The van der Waals surface area contributed by atoms with Crippen LogP contribution < -0.4 is 24.8 Å². The number of nitrogens with one attached hydrogen (secondary N) is 2. The lowest BCUT2D eigenvalue weighted by Gasteiger charge is -2.18. The van der Waals surface area contributed by atoms with Crippen LogP contribution in [0, 0.1) is 6.92 Å². The van der Waals surface area contributed by atoms with Crippen LogP contribution in [0.25, 0.3) is 0 Å². The summed E-state index contributed by atoms with van der Waals surface area (Å²) in [5.74, 6) is 0.960. The lowest BCUT2D eigenvalue weighted by Crippen LogP contribution is -2.29. The fourth-order valence-electron chi connectivity index (χ4n) is 4.01. The van der Waals surface area contributed by atoms with Crippen molar-refractivity contribution in [2.24, 2.45) is 0 Å². The number of aromatic nitrogens is 1. The highest BCUT2D eigenvalue weighted by molar-refractivity contribution is 5.95. The number of methoxy groups -OCH3 is 1. The van der Waals surface area contributed by atoms with E-state index in [1.54, 1.807) is 18.2 Å². The molecule has 2 unspecified atom stereocenters. The normalized spacial score (nSPS) is 17.5. The molecule has 2 aliphatic heterocycles. The Hall–Kier alpha value is -3.33. The maximum Gasteiger partial charge on any atom is 0.261 e. The van der Waals surface area contributed by atoms with Gasteiger partial charge in [0.1, 0.15) is 11.9 Å². The van der Waals surface area contributed by atoms with Crippen molar-refractivity contribution in [2.75, 3.05) is 26.8 Å². The molecule has 0 spiro atoms. The van der Waals surface area contributed by atoms with E-state index in [-0.39, 0.29) is 23.8 Å². The van der Waals surface area contributed by atoms with Crippen molar-refractivity contribution in [3.8, 4) is 17.2 Å². The highest BCUT2D eigenvalue weighted by Gasteiger charge is 2.34. The van der Waals surface area contributed by atoms with Crippen LogP contribution in [0.2, 0.25) is 0 Å². The number of rotatable bonds is 7. The van der Waals surface area contributed by atoms with E-state index in [0.29, 0.717) is 42.3 Å². The molecular formula is C28H41N3O6. The number of ether oxygens (including phenoxy) is 3. The molecule has 1 saturated heterocycles. The standard InChI is InChI=1S/C24H29N3O6.2C2H6/c1-13-21-15(24(2,3)12-32-21)10-16(27-13)17(28)11-26-22(29)14-5-6-18(20(9-14)31-4)33-19-7-8-25-23(19)30;2*1-2/h5-6,9-10,17,19,28H,7-8,11-12H2,1-4H3,(H,25,30)(H,26,29);2*1-2H3.